The molecule has 5 nitrogen and oxygen atoms in total. The molecule has 0 amide bonds. The molecule has 0 bridgehead atoms. The van der Waals surface area contributed by atoms with Crippen molar-refractivity contribution in [2.45, 2.75) is 0 Å². The van der Waals surface area contributed by atoms with Gasteiger partial charge >= 0.3 is 6.16 Å². The Bertz CT molecular complexity index is 274. The first-order valence-corrected chi connectivity index (χ1v) is 2.81. The largest absolute Gasteiger partial charge is 0.512 e. The molecule has 0 unspecified atom stereocenters. The molecule has 0 saturated carbocycles. The molecule has 0 aliphatic carbocycles. The van der Waals surface area contributed by atoms with Crippen LogP contribution in [-0.2, 0) is 0 Å². The smallest absolute Gasteiger partial charge is 0.449 e. The van der Waals surface area contributed by atoms with E-state index in [0.29, 0.717) is 0 Å². The minimum atomic E-state index is -1.42. The van der Waals surface area contributed by atoms with Crippen LogP contribution in [0.25, 0.3) is 0 Å². The van der Waals surface area contributed by atoms with Crippen molar-refractivity contribution in [3.63, 3.8) is 0 Å². The van der Waals surface area contributed by atoms with E-state index in [2.05, 4.69) is 9.72 Å². The quantitative estimate of drug-likeness (QED) is 0.582. The van der Waals surface area contributed by atoms with Gasteiger partial charge in [-0.15, -0.1) is 0 Å². The van der Waals surface area contributed by atoms with Crippen molar-refractivity contribution in [1.82, 2.24) is 4.98 Å². The number of carbonyl (C=O) groups is 1. The lowest BCUT2D eigenvalue weighted by atomic mass is 10.4. The number of nitrogens with zero attached hydrogens (tertiary/aromatic N) is 1. The topological polar surface area (TPSA) is 85.4 Å². The van der Waals surface area contributed by atoms with E-state index in [4.69, 9.17) is 10.8 Å². The molecular weight excluding hydrogens is 148 g/mol. The third-order valence-corrected chi connectivity index (χ3v) is 0.985. The molecule has 0 saturated heterocycles. The summed E-state index contributed by atoms with van der Waals surface area (Å²) in [5, 5.41) is 8.17. The number of pyridine rings is 1. The molecular formula is C6H6N2O3. The second-order valence-electron chi connectivity index (χ2n) is 1.77. The van der Waals surface area contributed by atoms with Gasteiger partial charge in [0.1, 0.15) is 0 Å². The second-order valence-corrected chi connectivity index (χ2v) is 1.77. The molecule has 1 heterocycles. The predicted molar refractivity (Wildman–Crippen MR) is 37.3 cm³/mol. The molecule has 5 heteroatoms. The van der Waals surface area contributed by atoms with Gasteiger partial charge in [0.05, 0.1) is 5.69 Å². The van der Waals surface area contributed by atoms with Gasteiger partial charge in [0.25, 0.3) is 0 Å². The van der Waals surface area contributed by atoms with Gasteiger partial charge in [0, 0.05) is 6.20 Å². The number of carboxylic acid groups (broad SMARTS) is 1. The number of hydrogen-bond acceptors (Lipinski definition) is 4. The van der Waals surface area contributed by atoms with Gasteiger partial charge in [0.2, 0.25) is 5.88 Å². The van der Waals surface area contributed by atoms with Crippen molar-refractivity contribution >= 4 is 11.8 Å². The summed E-state index contributed by atoms with van der Waals surface area (Å²) >= 11 is 0. The van der Waals surface area contributed by atoms with Crippen LogP contribution in [-0.4, -0.2) is 16.2 Å². The van der Waals surface area contributed by atoms with E-state index in [0.717, 1.165) is 0 Å². The molecule has 0 fully saturated rings. The van der Waals surface area contributed by atoms with E-state index >= 15 is 0 Å². The Kier molecular flexibility index (Phi) is 1.91. The highest BCUT2D eigenvalue weighted by Crippen LogP contribution is 2.15. The fourth-order valence-electron chi connectivity index (χ4n) is 0.571. The fourth-order valence-corrected chi connectivity index (χ4v) is 0.571. The molecule has 0 aromatic carbocycles. The summed E-state index contributed by atoms with van der Waals surface area (Å²) in [6, 6.07) is 3.09. The van der Waals surface area contributed by atoms with Gasteiger partial charge in [0.15, 0.2) is 0 Å². The van der Waals surface area contributed by atoms with Crippen LogP contribution in [0, 0.1) is 0 Å². The lowest BCUT2D eigenvalue weighted by molar-refractivity contribution is 0.143. The number of ether oxygens (including phenoxy) is 1. The minimum Gasteiger partial charge on any atom is -0.449 e. The Morgan fingerprint density at radius 1 is 1.73 bits per heavy atom. The van der Waals surface area contributed by atoms with E-state index < -0.39 is 6.16 Å². The number of anilines is 1. The van der Waals surface area contributed by atoms with Crippen molar-refractivity contribution < 1.29 is 14.6 Å². The molecule has 1 aromatic heterocycles. The lowest BCUT2D eigenvalue weighted by Gasteiger charge is -1.99. The standard InChI is InChI=1S/C6H6N2O3/c7-4-2-1-3-8-5(4)11-6(9)10/h1-3H,7H2,(H,9,10). The molecule has 0 aliphatic heterocycles. The average Bonchev–Trinajstić information content (AvgIpc) is 1.93. The number of nitrogen functional groups attached to an aromatic ring is 1. The number of aromatic nitrogens is 1. The first-order valence-electron chi connectivity index (χ1n) is 2.81. The van der Waals surface area contributed by atoms with Crippen LogP contribution in [0.2, 0.25) is 0 Å². The highest BCUT2D eigenvalue weighted by molar-refractivity contribution is 5.63. The molecule has 0 spiro atoms. The number of rotatable bonds is 1. The highest BCUT2D eigenvalue weighted by Gasteiger charge is 2.04. The van der Waals surface area contributed by atoms with Crippen LogP contribution in [0.4, 0.5) is 10.5 Å². The Hall–Kier alpha value is -1.78. The van der Waals surface area contributed by atoms with Gasteiger partial charge in [-0.25, -0.2) is 9.78 Å². The van der Waals surface area contributed by atoms with Crippen molar-refractivity contribution in [2.75, 3.05) is 5.73 Å². The van der Waals surface area contributed by atoms with Crippen LogP contribution in [0.1, 0.15) is 0 Å². The van der Waals surface area contributed by atoms with Gasteiger partial charge in [-0.2, -0.15) is 0 Å². The van der Waals surface area contributed by atoms with Crippen LogP contribution < -0.4 is 10.5 Å². The lowest BCUT2D eigenvalue weighted by Crippen LogP contribution is -2.06. The molecule has 1 rings (SSSR count). The Balaban J connectivity index is 2.86. The molecule has 0 radical (unpaired) electrons. The van der Waals surface area contributed by atoms with Crippen molar-refractivity contribution in [1.29, 1.82) is 0 Å². The summed E-state index contributed by atoms with van der Waals surface area (Å²) < 4.78 is 4.23. The van der Waals surface area contributed by atoms with Crippen LogP contribution in [0.3, 0.4) is 0 Å². The van der Waals surface area contributed by atoms with Crippen LogP contribution >= 0.6 is 0 Å². The van der Waals surface area contributed by atoms with Gasteiger partial charge in [-0.3, -0.25) is 0 Å². The number of nitrogens with two attached hydrogens (primary N) is 1. The molecule has 0 aliphatic rings. The monoisotopic (exact) mass is 154 g/mol. The summed E-state index contributed by atoms with van der Waals surface area (Å²) in [7, 11) is 0. The Morgan fingerprint density at radius 3 is 3.00 bits per heavy atom. The van der Waals surface area contributed by atoms with Crippen LogP contribution in [0.5, 0.6) is 5.88 Å². The van der Waals surface area contributed by atoms with E-state index in [1.54, 1.807) is 6.07 Å². The minimum absolute atomic E-state index is 0.0833. The van der Waals surface area contributed by atoms with E-state index in [1.165, 1.54) is 12.3 Å². The first kappa shape index (κ1) is 7.33. The Morgan fingerprint density at radius 2 is 2.45 bits per heavy atom. The van der Waals surface area contributed by atoms with Gasteiger partial charge in [-0.1, -0.05) is 0 Å². The van der Waals surface area contributed by atoms with Crippen molar-refractivity contribution in [3.05, 3.63) is 18.3 Å². The maximum atomic E-state index is 10.0. The summed E-state index contributed by atoms with van der Waals surface area (Å²) in [6.45, 7) is 0. The summed E-state index contributed by atoms with van der Waals surface area (Å²) in [5.74, 6) is -0.0833. The zero-order chi connectivity index (χ0) is 8.27. The molecule has 3 N–H and O–H groups in total. The van der Waals surface area contributed by atoms with E-state index in [9.17, 15) is 4.79 Å². The number of hydrogen-bond donors (Lipinski definition) is 2. The van der Waals surface area contributed by atoms with Crippen LogP contribution in [0.15, 0.2) is 18.3 Å². The summed E-state index contributed by atoms with van der Waals surface area (Å²) in [6.07, 6.45) is -0.0235. The SMILES string of the molecule is Nc1cccnc1OC(=O)O. The Labute approximate surface area is 62.4 Å². The third kappa shape index (κ3) is 1.82. The average molecular weight is 154 g/mol. The predicted octanol–water partition coefficient (Wildman–Crippen LogP) is 0.721. The third-order valence-electron chi connectivity index (χ3n) is 0.985. The van der Waals surface area contributed by atoms with Gasteiger partial charge < -0.3 is 15.6 Å². The molecule has 0 atom stereocenters. The zero-order valence-corrected chi connectivity index (χ0v) is 5.52. The maximum absolute atomic E-state index is 10.0. The van der Waals surface area contributed by atoms with E-state index in [1.807, 2.05) is 0 Å². The maximum Gasteiger partial charge on any atom is 0.512 e. The fraction of sp³-hybridized carbons (Fsp3) is 0. The van der Waals surface area contributed by atoms with Crippen molar-refractivity contribution in [2.24, 2.45) is 0 Å². The summed E-state index contributed by atoms with van der Waals surface area (Å²) in [5.41, 5.74) is 5.52. The first-order chi connectivity index (χ1) is 5.20. The summed E-state index contributed by atoms with van der Waals surface area (Å²) in [4.78, 5) is 13.6. The molecule has 11 heavy (non-hydrogen) atoms. The van der Waals surface area contributed by atoms with Gasteiger partial charge in [-0.05, 0) is 12.1 Å². The molecule has 58 valence electrons. The second kappa shape index (κ2) is 2.87. The molecule has 1 aromatic rings. The van der Waals surface area contributed by atoms with Crippen molar-refractivity contribution in [3.8, 4) is 5.88 Å². The highest BCUT2D eigenvalue weighted by atomic mass is 16.7. The van der Waals surface area contributed by atoms with E-state index in [-0.39, 0.29) is 11.6 Å². The zero-order valence-electron chi connectivity index (χ0n) is 5.52. The normalized spacial score (nSPS) is 9.09.